The second-order valence-corrected chi connectivity index (χ2v) is 6.72. The van der Waals surface area contributed by atoms with Gasteiger partial charge >= 0.3 is 6.09 Å². The summed E-state index contributed by atoms with van der Waals surface area (Å²) in [5, 5.41) is 7.90. The largest absolute Gasteiger partial charge is 0.449 e. The van der Waals surface area contributed by atoms with Crippen molar-refractivity contribution in [2.45, 2.75) is 20.3 Å². The van der Waals surface area contributed by atoms with E-state index in [0.29, 0.717) is 44.4 Å². The molecule has 2 heterocycles. The van der Waals surface area contributed by atoms with Crippen molar-refractivity contribution in [1.29, 1.82) is 0 Å². The molecule has 0 saturated carbocycles. The van der Waals surface area contributed by atoms with Gasteiger partial charge in [-0.25, -0.2) is 4.79 Å². The highest BCUT2D eigenvalue weighted by Gasteiger charge is 2.25. The summed E-state index contributed by atoms with van der Waals surface area (Å²) in [5.41, 5.74) is 1.28. The maximum atomic E-state index is 12.8. The highest BCUT2D eigenvalue weighted by atomic mass is 16.6. The molecule has 7 nitrogen and oxygen atoms in total. The van der Waals surface area contributed by atoms with Crippen LogP contribution in [-0.2, 0) is 4.74 Å². The summed E-state index contributed by atoms with van der Waals surface area (Å²) >= 11 is 0. The smallest absolute Gasteiger partial charge is 0.409 e. The molecule has 1 aromatic heterocycles. The first kappa shape index (κ1) is 17.3. The molecule has 7 heteroatoms. The van der Waals surface area contributed by atoms with Gasteiger partial charge in [-0.2, -0.15) is 5.10 Å². The number of rotatable bonds is 3. The number of hydrogen-bond acceptors (Lipinski definition) is 4. The second-order valence-electron chi connectivity index (χ2n) is 6.72. The van der Waals surface area contributed by atoms with Gasteiger partial charge in [0.05, 0.1) is 12.1 Å². The van der Waals surface area contributed by atoms with Gasteiger partial charge in [0.1, 0.15) is 0 Å². The normalized spacial score (nSPS) is 15.5. The Morgan fingerprint density at radius 3 is 2.68 bits per heavy atom. The number of fused-ring (bicyclic) bond motifs is 1. The Morgan fingerprint density at radius 1 is 1.16 bits per heavy atom. The topological polar surface area (TPSA) is 78.5 Å². The van der Waals surface area contributed by atoms with Crippen LogP contribution in [0.2, 0.25) is 0 Å². The molecule has 25 heavy (non-hydrogen) atoms. The zero-order valence-corrected chi connectivity index (χ0v) is 14.7. The lowest BCUT2D eigenvalue weighted by Crippen LogP contribution is -2.38. The molecule has 2 aromatic rings. The first-order valence-corrected chi connectivity index (χ1v) is 8.70. The molecule has 0 bridgehead atoms. The summed E-state index contributed by atoms with van der Waals surface area (Å²) in [6.45, 7) is 6.59. The van der Waals surface area contributed by atoms with Crippen LogP contribution in [0.25, 0.3) is 10.9 Å². The Hall–Kier alpha value is -2.57. The number of amides is 2. The van der Waals surface area contributed by atoms with Crippen molar-refractivity contribution in [3.8, 4) is 0 Å². The molecule has 134 valence electrons. The predicted octanol–water partition coefficient (Wildman–Crippen LogP) is 2.50. The van der Waals surface area contributed by atoms with E-state index in [1.54, 1.807) is 9.80 Å². The molecular formula is C18H24N4O3. The van der Waals surface area contributed by atoms with Gasteiger partial charge in [0.15, 0.2) is 5.69 Å². The maximum Gasteiger partial charge on any atom is 0.409 e. The van der Waals surface area contributed by atoms with Crippen LogP contribution in [0.1, 0.15) is 30.8 Å². The van der Waals surface area contributed by atoms with E-state index in [1.165, 1.54) is 0 Å². The van der Waals surface area contributed by atoms with Crippen molar-refractivity contribution in [2.75, 3.05) is 32.8 Å². The number of nitrogens with zero attached hydrogens (tertiary/aromatic N) is 3. The van der Waals surface area contributed by atoms with Crippen molar-refractivity contribution in [1.82, 2.24) is 20.0 Å². The molecule has 3 rings (SSSR count). The molecule has 1 fully saturated rings. The number of hydrogen-bond donors (Lipinski definition) is 1. The molecular weight excluding hydrogens is 320 g/mol. The predicted molar refractivity (Wildman–Crippen MR) is 94.4 cm³/mol. The Kier molecular flexibility index (Phi) is 5.21. The van der Waals surface area contributed by atoms with Gasteiger partial charge in [-0.3, -0.25) is 9.89 Å². The zero-order chi connectivity index (χ0) is 17.8. The van der Waals surface area contributed by atoms with Crippen molar-refractivity contribution in [3.63, 3.8) is 0 Å². The van der Waals surface area contributed by atoms with Crippen LogP contribution in [0.4, 0.5) is 4.79 Å². The fourth-order valence-electron chi connectivity index (χ4n) is 2.91. The van der Waals surface area contributed by atoms with Crippen molar-refractivity contribution in [3.05, 3.63) is 30.0 Å². The Morgan fingerprint density at radius 2 is 1.88 bits per heavy atom. The van der Waals surface area contributed by atoms with E-state index in [2.05, 4.69) is 10.2 Å². The van der Waals surface area contributed by atoms with Gasteiger partial charge in [0.25, 0.3) is 5.91 Å². The molecule has 1 aromatic carbocycles. The monoisotopic (exact) mass is 344 g/mol. The minimum atomic E-state index is -0.298. The zero-order valence-electron chi connectivity index (χ0n) is 14.7. The van der Waals surface area contributed by atoms with Gasteiger partial charge in [-0.05, 0) is 18.4 Å². The van der Waals surface area contributed by atoms with Crippen LogP contribution in [0.3, 0.4) is 0 Å². The first-order valence-electron chi connectivity index (χ1n) is 8.70. The standard InChI is InChI=1S/C18H24N4O3/c1-13(2)12-25-18(24)22-9-5-8-21(10-11-22)17(23)16-14-6-3-4-7-15(14)19-20-16/h3-4,6-7,13H,5,8-12H2,1-2H3,(H,19,20). The van der Waals surface area contributed by atoms with E-state index in [0.717, 1.165) is 17.3 Å². The first-order chi connectivity index (χ1) is 12.1. The van der Waals surface area contributed by atoms with Gasteiger partial charge in [-0.1, -0.05) is 32.0 Å². The maximum absolute atomic E-state index is 12.8. The Labute approximate surface area is 146 Å². The van der Waals surface area contributed by atoms with Crippen LogP contribution >= 0.6 is 0 Å². The molecule has 1 saturated heterocycles. The van der Waals surface area contributed by atoms with E-state index in [1.807, 2.05) is 38.1 Å². The van der Waals surface area contributed by atoms with E-state index < -0.39 is 0 Å². The van der Waals surface area contributed by atoms with Crippen LogP contribution < -0.4 is 0 Å². The lowest BCUT2D eigenvalue weighted by molar-refractivity contribution is 0.0742. The van der Waals surface area contributed by atoms with E-state index in [9.17, 15) is 9.59 Å². The fraction of sp³-hybridized carbons (Fsp3) is 0.500. The van der Waals surface area contributed by atoms with Crippen molar-refractivity contribution in [2.24, 2.45) is 5.92 Å². The number of carbonyl (C=O) groups is 2. The molecule has 0 spiro atoms. The Balaban J connectivity index is 1.64. The van der Waals surface area contributed by atoms with Gasteiger partial charge in [0.2, 0.25) is 0 Å². The quantitative estimate of drug-likeness (QED) is 0.928. The summed E-state index contributed by atoms with van der Waals surface area (Å²) in [6.07, 6.45) is 0.429. The van der Waals surface area contributed by atoms with Crippen LogP contribution in [0.5, 0.6) is 0 Å². The molecule has 0 aliphatic carbocycles. The third kappa shape index (κ3) is 3.92. The van der Waals surface area contributed by atoms with Crippen LogP contribution in [0, 0.1) is 5.92 Å². The molecule has 0 atom stereocenters. The van der Waals surface area contributed by atoms with Crippen molar-refractivity contribution < 1.29 is 14.3 Å². The molecule has 1 aliphatic heterocycles. The lowest BCUT2D eigenvalue weighted by Gasteiger charge is -2.21. The Bertz CT molecular complexity index is 756. The van der Waals surface area contributed by atoms with E-state index in [4.69, 9.17) is 4.74 Å². The third-order valence-corrected chi connectivity index (χ3v) is 4.25. The number of para-hydroxylation sites is 1. The molecule has 0 radical (unpaired) electrons. The fourth-order valence-corrected chi connectivity index (χ4v) is 2.91. The summed E-state index contributed by atoms with van der Waals surface area (Å²) in [5.74, 6) is 0.205. The average molecular weight is 344 g/mol. The highest BCUT2D eigenvalue weighted by molar-refractivity contribution is 6.04. The number of carbonyl (C=O) groups excluding carboxylic acids is 2. The number of H-pyrrole nitrogens is 1. The van der Waals surface area contributed by atoms with E-state index >= 15 is 0 Å². The molecule has 1 aliphatic rings. The SMILES string of the molecule is CC(C)COC(=O)N1CCCN(C(=O)c2n[nH]c3ccccc23)CC1. The molecule has 1 N–H and O–H groups in total. The number of benzene rings is 1. The van der Waals surface area contributed by atoms with E-state index in [-0.39, 0.29) is 12.0 Å². The average Bonchev–Trinajstić information content (AvgIpc) is 2.88. The van der Waals surface area contributed by atoms with Crippen molar-refractivity contribution >= 4 is 22.9 Å². The summed E-state index contributed by atoms with van der Waals surface area (Å²) in [6, 6.07) is 7.58. The lowest BCUT2D eigenvalue weighted by atomic mass is 10.2. The molecule has 0 unspecified atom stereocenters. The van der Waals surface area contributed by atoms with Gasteiger partial charge in [0, 0.05) is 31.6 Å². The minimum absolute atomic E-state index is 0.102. The number of nitrogens with one attached hydrogen (secondary N) is 1. The van der Waals surface area contributed by atoms with Gasteiger partial charge < -0.3 is 14.5 Å². The molecule has 2 amide bonds. The highest BCUT2D eigenvalue weighted by Crippen LogP contribution is 2.18. The number of ether oxygens (including phenoxy) is 1. The number of aromatic nitrogens is 2. The van der Waals surface area contributed by atoms with Crippen LogP contribution in [-0.4, -0.2) is 64.8 Å². The number of aromatic amines is 1. The summed E-state index contributed by atoms with van der Waals surface area (Å²) < 4.78 is 5.29. The second kappa shape index (κ2) is 7.55. The summed E-state index contributed by atoms with van der Waals surface area (Å²) in [7, 11) is 0. The van der Waals surface area contributed by atoms with Gasteiger partial charge in [-0.15, -0.1) is 0 Å². The minimum Gasteiger partial charge on any atom is -0.449 e. The third-order valence-electron chi connectivity index (χ3n) is 4.25. The van der Waals surface area contributed by atoms with Crippen LogP contribution in [0.15, 0.2) is 24.3 Å². The summed E-state index contributed by atoms with van der Waals surface area (Å²) in [4.78, 5) is 28.4.